The number of aromatic nitrogens is 5. The van der Waals surface area contributed by atoms with E-state index in [1.54, 1.807) is 6.33 Å². The minimum Gasteiger partial charge on any atom is -0.453 e. The Balaban J connectivity index is 1.22. The molecular formula is C18H24N6OS. The zero-order valence-corrected chi connectivity index (χ0v) is 15.8. The molecule has 0 saturated carbocycles. The molecule has 7 nitrogen and oxygen atoms in total. The highest BCUT2D eigenvalue weighted by molar-refractivity contribution is 7.99. The minimum absolute atomic E-state index is 0.800. The lowest BCUT2D eigenvalue weighted by Crippen LogP contribution is -2.33. The normalized spacial score (nSPS) is 16.3. The van der Waals surface area contributed by atoms with Gasteiger partial charge in [0.05, 0.1) is 6.54 Å². The first-order chi connectivity index (χ1) is 12.8. The van der Waals surface area contributed by atoms with E-state index in [2.05, 4.69) is 26.3 Å². The molecule has 0 bridgehead atoms. The molecule has 1 aliphatic heterocycles. The number of hydrogen-bond donors (Lipinski definition) is 0. The molecule has 0 spiro atoms. The van der Waals surface area contributed by atoms with Crippen molar-refractivity contribution in [1.29, 1.82) is 0 Å². The fourth-order valence-corrected chi connectivity index (χ4v) is 4.10. The van der Waals surface area contributed by atoms with Gasteiger partial charge in [0.15, 0.2) is 10.2 Å². The molecule has 0 radical (unpaired) electrons. The first-order valence-electron chi connectivity index (χ1n) is 9.06. The van der Waals surface area contributed by atoms with Crippen LogP contribution in [0.25, 0.3) is 0 Å². The zero-order valence-electron chi connectivity index (χ0n) is 15.0. The number of hydrogen-bond acceptors (Lipinski definition) is 6. The van der Waals surface area contributed by atoms with Gasteiger partial charge < -0.3 is 8.98 Å². The third-order valence-electron chi connectivity index (χ3n) is 4.91. The Labute approximate surface area is 157 Å². The van der Waals surface area contributed by atoms with Crippen LogP contribution in [0.2, 0.25) is 0 Å². The zero-order chi connectivity index (χ0) is 17.8. The summed E-state index contributed by atoms with van der Waals surface area (Å²) in [6.45, 7) is 4.18. The Morgan fingerprint density at radius 2 is 2.15 bits per heavy atom. The van der Waals surface area contributed by atoms with Crippen molar-refractivity contribution in [2.45, 2.75) is 42.6 Å². The molecule has 0 unspecified atom stereocenters. The number of piperidine rings is 1. The van der Waals surface area contributed by atoms with Crippen LogP contribution in [0.3, 0.4) is 0 Å². The maximum atomic E-state index is 5.97. The van der Waals surface area contributed by atoms with Gasteiger partial charge in [0, 0.05) is 26.0 Å². The van der Waals surface area contributed by atoms with Crippen molar-refractivity contribution in [1.82, 2.24) is 29.4 Å². The average molecular weight is 372 g/mol. The monoisotopic (exact) mass is 372 g/mol. The molecule has 0 aliphatic carbocycles. The number of nitrogens with zero attached hydrogens (tertiary/aromatic N) is 6. The summed E-state index contributed by atoms with van der Waals surface area (Å²) in [5.41, 5.74) is 0. The highest BCUT2D eigenvalue weighted by Crippen LogP contribution is 2.28. The molecule has 138 valence electrons. The molecule has 4 heterocycles. The number of aryl methyl sites for hydroxylation is 2. The predicted molar refractivity (Wildman–Crippen MR) is 98.7 cm³/mol. The summed E-state index contributed by atoms with van der Waals surface area (Å²) in [5, 5.41) is 14.0. The molecule has 1 fully saturated rings. The van der Waals surface area contributed by atoms with E-state index < -0.39 is 0 Å². The second kappa shape index (κ2) is 8.09. The second-order valence-electron chi connectivity index (χ2n) is 6.82. The predicted octanol–water partition coefficient (Wildman–Crippen LogP) is 3.06. The van der Waals surface area contributed by atoms with Crippen LogP contribution in [-0.2, 0) is 20.1 Å². The lowest BCUT2D eigenvalue weighted by Gasteiger charge is -2.31. The Hall–Kier alpha value is -2.06. The van der Waals surface area contributed by atoms with Crippen molar-refractivity contribution < 1.29 is 4.42 Å². The molecule has 0 aromatic carbocycles. The number of furan rings is 1. The summed E-state index contributed by atoms with van der Waals surface area (Å²) in [7, 11) is 1.93. The van der Waals surface area contributed by atoms with Crippen LogP contribution in [0, 0.1) is 5.92 Å². The van der Waals surface area contributed by atoms with E-state index in [0.29, 0.717) is 0 Å². The molecule has 26 heavy (non-hydrogen) atoms. The van der Waals surface area contributed by atoms with Gasteiger partial charge in [-0.05, 0) is 68.2 Å². The first-order valence-corrected chi connectivity index (χ1v) is 9.88. The van der Waals surface area contributed by atoms with Crippen LogP contribution in [-0.4, -0.2) is 42.5 Å². The molecule has 0 atom stereocenters. The Morgan fingerprint density at radius 3 is 2.88 bits per heavy atom. The van der Waals surface area contributed by atoms with Crippen molar-refractivity contribution in [2.24, 2.45) is 13.0 Å². The standard InChI is InChI=1S/C18H24N6OS/c1-22-14-19-21-18(22)26-17-4-3-16(25-17)13-23-10-5-15(6-11-23)7-12-24-9-2-8-20-24/h2-4,8-9,14-15H,5-7,10-13H2,1H3. The van der Waals surface area contributed by atoms with Crippen molar-refractivity contribution in [3.05, 3.63) is 42.7 Å². The van der Waals surface area contributed by atoms with Gasteiger partial charge in [-0.3, -0.25) is 9.58 Å². The van der Waals surface area contributed by atoms with Gasteiger partial charge in [-0.25, -0.2) is 0 Å². The lowest BCUT2D eigenvalue weighted by molar-refractivity contribution is 0.156. The van der Waals surface area contributed by atoms with E-state index >= 15 is 0 Å². The molecule has 3 aromatic rings. The molecule has 8 heteroatoms. The van der Waals surface area contributed by atoms with Crippen LogP contribution in [0.1, 0.15) is 25.0 Å². The summed E-state index contributed by atoms with van der Waals surface area (Å²) in [5.74, 6) is 1.82. The molecular weight excluding hydrogens is 348 g/mol. The van der Waals surface area contributed by atoms with Crippen LogP contribution in [0.5, 0.6) is 0 Å². The largest absolute Gasteiger partial charge is 0.453 e. The molecule has 3 aromatic heterocycles. The highest BCUT2D eigenvalue weighted by atomic mass is 32.2. The molecule has 0 amide bonds. The van der Waals surface area contributed by atoms with Crippen molar-refractivity contribution in [3.8, 4) is 0 Å². The van der Waals surface area contributed by atoms with E-state index in [1.165, 1.54) is 31.0 Å². The van der Waals surface area contributed by atoms with Crippen LogP contribution < -0.4 is 0 Å². The van der Waals surface area contributed by atoms with E-state index in [0.717, 1.165) is 48.1 Å². The van der Waals surface area contributed by atoms with Gasteiger partial charge in [-0.1, -0.05) is 0 Å². The smallest absolute Gasteiger partial charge is 0.198 e. The summed E-state index contributed by atoms with van der Waals surface area (Å²) in [4.78, 5) is 2.49. The Morgan fingerprint density at radius 1 is 1.27 bits per heavy atom. The third-order valence-corrected chi connectivity index (χ3v) is 5.88. The molecule has 4 rings (SSSR count). The fourth-order valence-electron chi connectivity index (χ4n) is 3.35. The SMILES string of the molecule is Cn1cnnc1Sc1ccc(CN2CCC(CCn3cccn3)CC2)o1. The van der Waals surface area contributed by atoms with Gasteiger partial charge in [0.2, 0.25) is 0 Å². The maximum Gasteiger partial charge on any atom is 0.198 e. The lowest BCUT2D eigenvalue weighted by atomic mass is 9.93. The van der Waals surface area contributed by atoms with Crippen molar-refractivity contribution in [2.75, 3.05) is 13.1 Å². The van der Waals surface area contributed by atoms with Gasteiger partial charge >= 0.3 is 0 Å². The van der Waals surface area contributed by atoms with Crippen LogP contribution in [0.15, 0.2) is 51.6 Å². The summed E-state index contributed by atoms with van der Waals surface area (Å²) >= 11 is 1.51. The molecule has 1 aliphatic rings. The van der Waals surface area contributed by atoms with Gasteiger partial charge in [-0.15, -0.1) is 10.2 Å². The van der Waals surface area contributed by atoms with Gasteiger partial charge in [0.1, 0.15) is 12.1 Å². The second-order valence-corrected chi connectivity index (χ2v) is 7.80. The van der Waals surface area contributed by atoms with Gasteiger partial charge in [-0.2, -0.15) is 5.10 Å². The third kappa shape index (κ3) is 4.37. The van der Waals surface area contributed by atoms with E-state index in [-0.39, 0.29) is 0 Å². The van der Waals surface area contributed by atoms with Crippen molar-refractivity contribution in [3.63, 3.8) is 0 Å². The fraction of sp³-hybridized carbons (Fsp3) is 0.500. The number of likely N-dealkylation sites (tertiary alicyclic amines) is 1. The van der Waals surface area contributed by atoms with Gasteiger partial charge in [0.25, 0.3) is 0 Å². The molecule has 1 saturated heterocycles. The minimum atomic E-state index is 0.800. The number of rotatable bonds is 7. The summed E-state index contributed by atoms with van der Waals surface area (Å²) in [6.07, 6.45) is 9.31. The van der Waals surface area contributed by atoms with Crippen molar-refractivity contribution >= 4 is 11.8 Å². The van der Waals surface area contributed by atoms with Crippen LogP contribution >= 0.6 is 11.8 Å². The van der Waals surface area contributed by atoms with E-state index in [9.17, 15) is 0 Å². The Bertz CT molecular complexity index is 803. The first kappa shape index (κ1) is 17.4. The summed E-state index contributed by atoms with van der Waals surface area (Å²) in [6, 6.07) is 6.08. The highest BCUT2D eigenvalue weighted by Gasteiger charge is 2.20. The topological polar surface area (TPSA) is 64.9 Å². The quantitative estimate of drug-likeness (QED) is 0.635. The van der Waals surface area contributed by atoms with E-state index in [4.69, 9.17) is 4.42 Å². The summed E-state index contributed by atoms with van der Waals surface area (Å²) < 4.78 is 9.89. The molecule has 0 N–H and O–H groups in total. The maximum absolute atomic E-state index is 5.97. The van der Waals surface area contributed by atoms with E-state index in [1.807, 2.05) is 40.8 Å². The average Bonchev–Trinajstić information content (AvgIpc) is 3.39. The van der Waals surface area contributed by atoms with Crippen LogP contribution in [0.4, 0.5) is 0 Å². The Kier molecular flexibility index (Phi) is 5.40.